The number of aromatic nitrogens is 4. The van der Waals surface area contributed by atoms with Gasteiger partial charge in [0.05, 0.1) is 5.02 Å². The number of imidazole rings is 1. The van der Waals surface area contributed by atoms with Crippen LogP contribution >= 0.6 is 23.2 Å². The Morgan fingerprint density at radius 2 is 1.91 bits per heavy atom. The number of nitrogens with zero attached hydrogens (tertiary/aromatic N) is 4. The van der Waals surface area contributed by atoms with E-state index < -0.39 is 10.0 Å². The van der Waals surface area contributed by atoms with Crippen molar-refractivity contribution >= 4 is 50.2 Å². The lowest BCUT2D eigenvalue weighted by atomic mass is 10.4. The highest BCUT2D eigenvalue weighted by Gasteiger charge is 2.24. The minimum Gasteiger partial charge on any atom is -0.371 e. The fourth-order valence-corrected chi connectivity index (χ4v) is 3.86. The molecule has 0 bridgehead atoms. The fourth-order valence-electron chi connectivity index (χ4n) is 1.96. The molecule has 0 saturated carbocycles. The highest BCUT2D eigenvalue weighted by molar-refractivity contribution is 7.90. The van der Waals surface area contributed by atoms with Crippen molar-refractivity contribution in [2.75, 3.05) is 12.4 Å². The van der Waals surface area contributed by atoms with Crippen molar-refractivity contribution in [1.29, 1.82) is 0 Å². The highest BCUT2D eigenvalue weighted by Crippen LogP contribution is 2.27. The lowest BCUT2D eigenvalue weighted by Gasteiger charge is -2.08. The molecule has 0 radical (unpaired) electrons. The minimum absolute atomic E-state index is 0.0447. The van der Waals surface area contributed by atoms with E-state index in [4.69, 9.17) is 23.2 Å². The summed E-state index contributed by atoms with van der Waals surface area (Å²) in [7, 11) is -2.32. The van der Waals surface area contributed by atoms with Crippen LogP contribution in [0.1, 0.15) is 0 Å². The Kier molecular flexibility index (Phi) is 3.67. The average molecular weight is 358 g/mol. The second kappa shape index (κ2) is 5.38. The molecule has 1 aromatic carbocycles. The van der Waals surface area contributed by atoms with Gasteiger partial charge in [-0.05, 0) is 23.7 Å². The van der Waals surface area contributed by atoms with Gasteiger partial charge in [-0.1, -0.05) is 23.7 Å². The molecule has 22 heavy (non-hydrogen) atoms. The van der Waals surface area contributed by atoms with E-state index in [0.717, 1.165) is 10.3 Å². The first-order valence-electron chi connectivity index (χ1n) is 6.03. The third-order valence-corrected chi connectivity index (χ3v) is 5.26. The number of nitrogens with one attached hydrogen (secondary N) is 1. The zero-order chi connectivity index (χ0) is 15.9. The summed E-state index contributed by atoms with van der Waals surface area (Å²) < 4.78 is 26.4. The van der Waals surface area contributed by atoms with Gasteiger partial charge in [-0.3, -0.25) is 0 Å². The largest absolute Gasteiger partial charge is 0.371 e. The van der Waals surface area contributed by atoms with E-state index in [2.05, 4.69) is 20.3 Å². The molecular formula is C12H9Cl2N5O2S. The summed E-state index contributed by atoms with van der Waals surface area (Å²) >= 11 is 11.8. The quantitative estimate of drug-likeness (QED) is 0.724. The molecule has 0 atom stereocenters. The van der Waals surface area contributed by atoms with E-state index in [9.17, 15) is 8.42 Å². The molecule has 1 N–H and O–H groups in total. The van der Waals surface area contributed by atoms with Crippen LogP contribution in [0, 0.1) is 0 Å². The molecule has 0 aliphatic carbocycles. The zero-order valence-electron chi connectivity index (χ0n) is 11.2. The van der Waals surface area contributed by atoms with Crippen molar-refractivity contribution in [3.8, 4) is 0 Å². The molecule has 10 heteroatoms. The Hall–Kier alpha value is -1.90. The number of fused-ring (bicyclic) bond motifs is 1. The van der Waals surface area contributed by atoms with Crippen molar-refractivity contribution in [2.24, 2.45) is 0 Å². The smallest absolute Gasteiger partial charge is 0.272 e. The predicted molar refractivity (Wildman–Crippen MR) is 83.9 cm³/mol. The molecule has 0 aliphatic rings. The minimum atomic E-state index is -3.95. The molecular weight excluding hydrogens is 349 g/mol. The summed E-state index contributed by atoms with van der Waals surface area (Å²) in [5.41, 5.74) is 0.367. The van der Waals surface area contributed by atoms with Gasteiger partial charge < -0.3 is 5.32 Å². The summed E-state index contributed by atoms with van der Waals surface area (Å²) in [6.45, 7) is 0. The Morgan fingerprint density at radius 1 is 1.18 bits per heavy atom. The summed E-state index contributed by atoms with van der Waals surface area (Å²) in [5, 5.41) is 2.81. The molecule has 0 spiro atoms. The molecule has 0 saturated heterocycles. The predicted octanol–water partition coefficient (Wildman–Crippen LogP) is 2.41. The second-order valence-electron chi connectivity index (χ2n) is 4.24. The first kappa shape index (κ1) is 15.0. The third-order valence-electron chi connectivity index (χ3n) is 2.95. The first-order valence-corrected chi connectivity index (χ1v) is 8.23. The molecule has 0 fully saturated rings. The van der Waals surface area contributed by atoms with E-state index in [-0.39, 0.29) is 20.8 Å². The maximum Gasteiger partial charge on any atom is 0.272 e. The topological polar surface area (TPSA) is 89.8 Å². The molecule has 7 nitrogen and oxygen atoms in total. The van der Waals surface area contributed by atoms with Gasteiger partial charge in [0.2, 0.25) is 5.28 Å². The Balaban J connectivity index is 2.31. The van der Waals surface area contributed by atoms with Gasteiger partial charge in [0.1, 0.15) is 11.2 Å². The van der Waals surface area contributed by atoms with Crippen LogP contribution in [0.4, 0.5) is 5.82 Å². The summed E-state index contributed by atoms with van der Waals surface area (Å²) in [4.78, 5) is 11.9. The van der Waals surface area contributed by atoms with E-state index >= 15 is 0 Å². The standard InChI is InChI=1S/C12H9Cl2N5O2S/c1-15-10-9-11(18-12(14)17-10)19(6-16-9)22(20,21)8-5-3-2-4-7(8)13/h2-6H,1H3,(H,15,17,18). The molecule has 3 rings (SSSR count). The highest BCUT2D eigenvalue weighted by atomic mass is 35.5. The molecule has 0 amide bonds. The maximum absolute atomic E-state index is 12.8. The van der Waals surface area contributed by atoms with Crippen molar-refractivity contribution in [3.63, 3.8) is 0 Å². The van der Waals surface area contributed by atoms with Crippen LogP contribution < -0.4 is 5.32 Å². The summed E-state index contributed by atoms with van der Waals surface area (Å²) in [6, 6.07) is 6.13. The number of rotatable bonds is 3. The van der Waals surface area contributed by atoms with Crippen molar-refractivity contribution in [1.82, 2.24) is 18.9 Å². The number of halogens is 2. The van der Waals surface area contributed by atoms with Crippen LogP contribution in [-0.4, -0.2) is 34.4 Å². The van der Waals surface area contributed by atoms with E-state index in [0.29, 0.717) is 11.3 Å². The van der Waals surface area contributed by atoms with E-state index in [1.54, 1.807) is 19.2 Å². The molecule has 2 aromatic heterocycles. The fraction of sp³-hybridized carbons (Fsp3) is 0.0833. The zero-order valence-corrected chi connectivity index (χ0v) is 13.5. The normalized spacial score (nSPS) is 11.8. The van der Waals surface area contributed by atoms with Gasteiger partial charge in [0.25, 0.3) is 10.0 Å². The lowest BCUT2D eigenvalue weighted by Crippen LogP contribution is -2.13. The SMILES string of the molecule is CNc1nc(Cl)nc2c1ncn2S(=O)(=O)c1ccccc1Cl. The van der Waals surface area contributed by atoms with Crippen LogP contribution in [0.5, 0.6) is 0 Å². The average Bonchev–Trinajstić information content (AvgIpc) is 2.91. The molecule has 0 unspecified atom stereocenters. The monoisotopic (exact) mass is 357 g/mol. The third kappa shape index (κ3) is 2.29. The van der Waals surface area contributed by atoms with Gasteiger partial charge in [-0.25, -0.2) is 17.4 Å². The summed E-state index contributed by atoms with van der Waals surface area (Å²) in [6.07, 6.45) is 1.15. The van der Waals surface area contributed by atoms with Crippen LogP contribution in [0.25, 0.3) is 11.2 Å². The van der Waals surface area contributed by atoms with E-state index in [1.807, 2.05) is 0 Å². The van der Waals surface area contributed by atoms with Gasteiger partial charge in [0.15, 0.2) is 17.0 Å². The van der Waals surface area contributed by atoms with Gasteiger partial charge in [-0.2, -0.15) is 9.97 Å². The van der Waals surface area contributed by atoms with Crippen LogP contribution in [-0.2, 0) is 10.0 Å². The Morgan fingerprint density at radius 3 is 2.59 bits per heavy atom. The van der Waals surface area contributed by atoms with Crippen molar-refractivity contribution in [3.05, 3.63) is 40.9 Å². The molecule has 114 valence electrons. The molecule has 2 heterocycles. The molecule has 0 aliphatic heterocycles. The van der Waals surface area contributed by atoms with Gasteiger partial charge in [0, 0.05) is 7.05 Å². The maximum atomic E-state index is 12.8. The van der Waals surface area contributed by atoms with Crippen LogP contribution in [0.3, 0.4) is 0 Å². The van der Waals surface area contributed by atoms with E-state index in [1.165, 1.54) is 12.1 Å². The molecule has 3 aromatic rings. The van der Waals surface area contributed by atoms with Crippen molar-refractivity contribution in [2.45, 2.75) is 4.90 Å². The lowest BCUT2D eigenvalue weighted by molar-refractivity contribution is 0.588. The number of benzene rings is 1. The Labute approximate surface area is 136 Å². The summed E-state index contributed by atoms with van der Waals surface area (Å²) in [5.74, 6) is 0.336. The number of anilines is 1. The first-order chi connectivity index (χ1) is 10.4. The number of hydrogen-bond acceptors (Lipinski definition) is 6. The van der Waals surface area contributed by atoms with Crippen LogP contribution in [0.2, 0.25) is 10.3 Å². The number of hydrogen-bond donors (Lipinski definition) is 1. The van der Waals surface area contributed by atoms with Crippen LogP contribution in [0.15, 0.2) is 35.5 Å². The van der Waals surface area contributed by atoms with Gasteiger partial charge >= 0.3 is 0 Å². The second-order valence-corrected chi connectivity index (χ2v) is 6.77. The van der Waals surface area contributed by atoms with Gasteiger partial charge in [-0.15, -0.1) is 0 Å². The Bertz CT molecular complexity index is 971. The van der Waals surface area contributed by atoms with Crippen molar-refractivity contribution < 1.29 is 8.42 Å².